The van der Waals surface area contributed by atoms with Gasteiger partial charge in [0, 0.05) is 12.6 Å². The summed E-state index contributed by atoms with van der Waals surface area (Å²) in [7, 11) is -16.7. The number of halogens is 1. The van der Waals surface area contributed by atoms with Gasteiger partial charge in [0.15, 0.2) is 6.23 Å². The number of rotatable bonds is 9. The van der Waals surface area contributed by atoms with Crippen LogP contribution >= 0.6 is 23.5 Å². The average Bonchev–Trinajstić information content (AvgIpc) is 2.87. The number of nitrogens with two attached hydrogens (primary N) is 1. The van der Waals surface area contributed by atoms with Gasteiger partial charge in [-0.25, -0.2) is 22.9 Å². The van der Waals surface area contributed by atoms with E-state index in [-0.39, 0.29) is 5.82 Å². The first-order valence-electron chi connectivity index (χ1n) is 7.65. The highest BCUT2D eigenvalue weighted by molar-refractivity contribution is 7.66. The summed E-state index contributed by atoms with van der Waals surface area (Å²) in [4.78, 5) is 50.9. The number of ether oxygens (including phenoxy) is 1. The molecular weight excluding hydrogens is 478 g/mol. The lowest BCUT2D eigenvalue weighted by molar-refractivity contribution is -0.0779. The first-order chi connectivity index (χ1) is 13.6. The lowest BCUT2D eigenvalue weighted by Crippen LogP contribution is -2.34. The minimum atomic E-state index is -5.72. The number of hydrogen-bond acceptors (Lipinski definition) is 10. The summed E-state index contributed by atoms with van der Waals surface area (Å²) in [6.45, 7) is 2.43. The molecule has 1 saturated heterocycles. The quantitative estimate of drug-likeness (QED) is 0.230. The number of nitrogens with zero attached hydrogens (tertiary/aromatic N) is 2. The van der Waals surface area contributed by atoms with E-state index < -0.39 is 60.2 Å². The Hall–Kier alpha value is -1.28. The van der Waals surface area contributed by atoms with E-state index >= 15 is 0 Å². The molecule has 5 unspecified atom stereocenters. The average molecular weight is 495 g/mol. The molecule has 0 spiro atoms. The van der Waals surface area contributed by atoms with Crippen LogP contribution in [0.4, 0.5) is 10.2 Å². The third-order valence-corrected chi connectivity index (χ3v) is 7.37. The van der Waals surface area contributed by atoms with Gasteiger partial charge < -0.3 is 30.0 Å². The summed E-state index contributed by atoms with van der Waals surface area (Å²) in [5.41, 5.74) is 2.62. The molecule has 15 nitrogen and oxygen atoms in total. The molecule has 1 fully saturated rings. The van der Waals surface area contributed by atoms with Crippen molar-refractivity contribution in [3.05, 3.63) is 35.4 Å². The first-order valence-corrected chi connectivity index (χ1v) is 12.2. The van der Waals surface area contributed by atoms with Gasteiger partial charge in [0.05, 0.1) is 6.61 Å². The zero-order valence-corrected chi connectivity index (χ0v) is 17.4. The van der Waals surface area contributed by atoms with Gasteiger partial charge in [0.2, 0.25) is 0 Å². The Morgan fingerprint density at radius 2 is 1.97 bits per heavy atom. The van der Waals surface area contributed by atoms with E-state index in [2.05, 4.69) is 24.7 Å². The van der Waals surface area contributed by atoms with Crippen LogP contribution in [0.5, 0.6) is 0 Å². The molecule has 0 radical (unpaired) electrons. The molecule has 2 heterocycles. The fourth-order valence-corrected chi connectivity index (χ4v) is 5.50. The van der Waals surface area contributed by atoms with Crippen LogP contribution in [-0.4, -0.2) is 47.5 Å². The Bertz CT molecular complexity index is 1010. The highest BCUT2D eigenvalue weighted by Crippen LogP contribution is 2.66. The van der Waals surface area contributed by atoms with Crippen LogP contribution < -0.4 is 11.4 Å². The Balaban J connectivity index is 2.13. The fraction of sp³-hybridized carbons (Fsp3) is 0.455. The van der Waals surface area contributed by atoms with E-state index in [0.717, 1.165) is 16.8 Å². The number of phosphoric ester groups is 1. The maximum absolute atomic E-state index is 14.5. The van der Waals surface area contributed by atoms with Crippen molar-refractivity contribution >= 4 is 29.3 Å². The summed E-state index contributed by atoms with van der Waals surface area (Å²) in [6.07, 6.45) is -1.78. The summed E-state index contributed by atoms with van der Waals surface area (Å²) in [5.74, 6) is -0.118. The van der Waals surface area contributed by atoms with Crippen LogP contribution in [0.25, 0.3) is 0 Å². The summed E-state index contributed by atoms with van der Waals surface area (Å²) >= 11 is 0. The van der Waals surface area contributed by atoms with E-state index in [0.29, 0.717) is 0 Å². The number of hydrogen-bond donors (Lipinski definition) is 5. The Labute approximate surface area is 167 Å². The molecule has 0 bridgehead atoms. The van der Waals surface area contributed by atoms with Crippen molar-refractivity contribution in [3.63, 3.8) is 0 Å². The molecule has 19 heteroatoms. The molecule has 6 N–H and O–H groups in total. The van der Waals surface area contributed by atoms with Gasteiger partial charge in [0.1, 0.15) is 17.6 Å². The number of anilines is 1. The predicted octanol–water partition coefficient (Wildman–Crippen LogP) is 0.351. The maximum atomic E-state index is 14.5. The van der Waals surface area contributed by atoms with Crippen molar-refractivity contribution in [2.75, 3.05) is 12.3 Å². The molecule has 30 heavy (non-hydrogen) atoms. The van der Waals surface area contributed by atoms with E-state index in [1.807, 2.05) is 0 Å². The van der Waals surface area contributed by atoms with Gasteiger partial charge in [-0.2, -0.15) is 13.6 Å². The maximum Gasteiger partial charge on any atom is 0.490 e. The van der Waals surface area contributed by atoms with Crippen LogP contribution in [0, 0.1) is 0 Å². The van der Waals surface area contributed by atoms with Crippen molar-refractivity contribution in [2.24, 2.45) is 0 Å². The fourth-order valence-electron chi connectivity index (χ4n) is 2.42. The van der Waals surface area contributed by atoms with Gasteiger partial charge >= 0.3 is 29.2 Å². The van der Waals surface area contributed by atoms with Crippen molar-refractivity contribution in [3.8, 4) is 0 Å². The van der Waals surface area contributed by atoms with Gasteiger partial charge in [0.25, 0.3) is 0 Å². The third-order valence-electron chi connectivity index (χ3n) is 3.59. The van der Waals surface area contributed by atoms with Gasteiger partial charge in [-0.1, -0.05) is 6.08 Å². The van der Waals surface area contributed by atoms with Gasteiger partial charge in [-0.3, -0.25) is 9.09 Å². The molecule has 1 aliphatic rings. The zero-order chi connectivity index (χ0) is 23.0. The molecular formula is C11H17FN3O12P3. The van der Waals surface area contributed by atoms with Crippen molar-refractivity contribution in [1.82, 2.24) is 9.55 Å². The molecule has 170 valence electrons. The molecule has 0 aromatic carbocycles. The molecule has 2 rings (SSSR count). The Morgan fingerprint density at radius 1 is 1.33 bits per heavy atom. The molecule has 0 saturated carbocycles. The monoisotopic (exact) mass is 495 g/mol. The van der Waals surface area contributed by atoms with Crippen LogP contribution in [0.15, 0.2) is 29.7 Å². The Morgan fingerprint density at radius 3 is 2.50 bits per heavy atom. The highest BCUT2D eigenvalue weighted by atomic mass is 31.3. The summed E-state index contributed by atoms with van der Waals surface area (Å²) < 4.78 is 66.1. The molecule has 5 atom stereocenters. The second-order valence-corrected chi connectivity index (χ2v) is 10.3. The van der Waals surface area contributed by atoms with Crippen molar-refractivity contribution in [1.29, 1.82) is 0 Å². The summed E-state index contributed by atoms with van der Waals surface area (Å²) in [5, 5.41) is 0. The Kier molecular flexibility index (Phi) is 7.24. The number of phosphoric acid groups is 3. The van der Waals surface area contributed by atoms with Gasteiger partial charge in [-0.05, 0) is 6.07 Å². The van der Waals surface area contributed by atoms with Crippen LogP contribution in [0.1, 0.15) is 12.6 Å². The van der Waals surface area contributed by atoms with Crippen LogP contribution in [-0.2, 0) is 31.6 Å². The second kappa shape index (κ2) is 8.69. The van der Waals surface area contributed by atoms with E-state index in [4.69, 9.17) is 25.2 Å². The van der Waals surface area contributed by atoms with E-state index in [1.54, 1.807) is 0 Å². The number of alkyl halides is 1. The second-order valence-electron chi connectivity index (χ2n) is 5.90. The topological polar surface area (TPSA) is 230 Å². The van der Waals surface area contributed by atoms with E-state index in [1.165, 1.54) is 6.07 Å². The lowest BCUT2D eigenvalue weighted by Gasteiger charge is -2.26. The van der Waals surface area contributed by atoms with Crippen LogP contribution in [0.3, 0.4) is 0 Å². The molecule has 1 aromatic rings. The number of nitrogen functional groups attached to an aromatic ring is 1. The SMILES string of the molecule is C=CC1(COP(=O)(O)OP(=O)(O)OP(=O)(O)O)CC(F)C(n2ccc(N)nc2=O)O1. The predicted molar refractivity (Wildman–Crippen MR) is 95.3 cm³/mol. The first kappa shape index (κ1) is 25.0. The molecule has 0 aliphatic carbocycles. The van der Waals surface area contributed by atoms with Crippen molar-refractivity contribution in [2.45, 2.75) is 24.4 Å². The minimum absolute atomic E-state index is 0.118. The van der Waals surface area contributed by atoms with Crippen molar-refractivity contribution < 1.29 is 55.5 Å². The lowest BCUT2D eigenvalue weighted by atomic mass is 10.0. The molecule has 0 amide bonds. The smallest absolute Gasteiger partial charge is 0.383 e. The zero-order valence-electron chi connectivity index (χ0n) is 14.8. The number of aromatic nitrogens is 2. The van der Waals surface area contributed by atoms with Crippen LogP contribution in [0.2, 0.25) is 0 Å². The largest absolute Gasteiger partial charge is 0.490 e. The highest BCUT2D eigenvalue weighted by Gasteiger charge is 2.49. The summed E-state index contributed by atoms with van der Waals surface area (Å²) in [6, 6.07) is 1.21. The third kappa shape index (κ3) is 6.61. The van der Waals surface area contributed by atoms with Gasteiger partial charge in [-0.15, -0.1) is 6.58 Å². The molecule has 1 aliphatic heterocycles. The van der Waals surface area contributed by atoms with E-state index in [9.17, 15) is 27.8 Å². The molecule has 1 aromatic heterocycles. The normalized spacial score (nSPS) is 28.6. The standard InChI is InChI=1S/C11H17FN3O12P3/c1-2-11(6-24-29(20,21)27-30(22,23)26-28(17,18)19)5-7(12)9(25-11)15-4-3-8(13)14-10(15)16/h2-4,7,9H,1,5-6H2,(H,20,21)(H,22,23)(H2,13,14,16)(H2,17,18,19). The minimum Gasteiger partial charge on any atom is -0.383 e.